The molecule has 1 atom stereocenters. The Balaban J connectivity index is 0.00000169. The van der Waals surface area contributed by atoms with Gasteiger partial charge in [0.1, 0.15) is 5.82 Å². The van der Waals surface area contributed by atoms with Gasteiger partial charge in [0.2, 0.25) is 11.8 Å². The lowest BCUT2D eigenvalue weighted by atomic mass is 10.1. The minimum absolute atomic E-state index is 0. The van der Waals surface area contributed by atoms with E-state index >= 15 is 0 Å². The molecule has 26 heavy (non-hydrogen) atoms. The number of halogens is 2. The Morgan fingerprint density at radius 2 is 1.77 bits per heavy atom. The maximum absolute atomic E-state index is 12.1. The summed E-state index contributed by atoms with van der Waals surface area (Å²) in [5.74, 6) is 0.347. The van der Waals surface area contributed by atoms with Crippen LogP contribution in [0.5, 0.6) is 0 Å². The summed E-state index contributed by atoms with van der Waals surface area (Å²) in [5.41, 5.74) is 7.50. The summed E-state index contributed by atoms with van der Waals surface area (Å²) in [6, 6.07) is 12.3. The van der Waals surface area contributed by atoms with Crippen molar-refractivity contribution in [2.45, 2.75) is 25.3 Å². The molecule has 1 aliphatic carbocycles. The molecule has 6 nitrogen and oxygen atoms in total. The first-order valence-corrected chi connectivity index (χ1v) is 7.99. The number of hydrogen-bond donors (Lipinski definition) is 3. The first kappa shape index (κ1) is 21.9. The average Bonchev–Trinajstić information content (AvgIpc) is 3.42. The standard InChI is InChI=1S/C18H20N4O2.2ClH/c19-15(10-12-4-2-1-3-5-12)18(24)21-14-8-9-16(20-11-14)22-17(23)13-6-7-13;;/h1-5,8-9,11,13,15H,6-7,10,19H2,(H,21,24)(H,20,22,23);2*1H. The second-order valence-corrected chi connectivity index (χ2v) is 5.98. The van der Waals surface area contributed by atoms with Crippen LogP contribution in [0.3, 0.4) is 0 Å². The monoisotopic (exact) mass is 396 g/mol. The van der Waals surface area contributed by atoms with Crippen LogP contribution < -0.4 is 16.4 Å². The molecule has 0 saturated heterocycles. The number of rotatable bonds is 6. The van der Waals surface area contributed by atoms with Crippen molar-refractivity contribution in [3.8, 4) is 0 Å². The van der Waals surface area contributed by atoms with Gasteiger partial charge in [-0.15, -0.1) is 24.8 Å². The van der Waals surface area contributed by atoms with E-state index in [2.05, 4.69) is 15.6 Å². The lowest BCUT2D eigenvalue weighted by molar-refractivity contribution is -0.118. The number of nitrogens with one attached hydrogen (secondary N) is 2. The molecule has 2 aromatic rings. The minimum atomic E-state index is -0.637. The van der Waals surface area contributed by atoms with E-state index in [-0.39, 0.29) is 42.5 Å². The maximum atomic E-state index is 12.1. The fraction of sp³-hybridized carbons (Fsp3) is 0.278. The second kappa shape index (κ2) is 10.1. The van der Waals surface area contributed by atoms with Gasteiger partial charge in [0.25, 0.3) is 0 Å². The van der Waals surface area contributed by atoms with Crippen molar-refractivity contribution in [1.82, 2.24) is 4.98 Å². The molecule has 140 valence electrons. The molecule has 1 fully saturated rings. The molecule has 1 saturated carbocycles. The lowest BCUT2D eigenvalue weighted by Crippen LogP contribution is -2.37. The SMILES string of the molecule is Cl.Cl.NC(Cc1ccccc1)C(=O)Nc1ccc(NC(=O)C2CC2)nc1. The summed E-state index contributed by atoms with van der Waals surface area (Å²) in [4.78, 5) is 27.9. The van der Waals surface area contributed by atoms with Crippen LogP contribution in [0.15, 0.2) is 48.7 Å². The number of benzene rings is 1. The predicted molar refractivity (Wildman–Crippen MR) is 107 cm³/mol. The van der Waals surface area contributed by atoms with Gasteiger partial charge in [-0.1, -0.05) is 30.3 Å². The van der Waals surface area contributed by atoms with E-state index in [4.69, 9.17) is 5.73 Å². The third-order valence-corrected chi connectivity index (χ3v) is 3.87. The molecule has 4 N–H and O–H groups in total. The summed E-state index contributed by atoms with van der Waals surface area (Å²) >= 11 is 0. The van der Waals surface area contributed by atoms with E-state index in [0.717, 1.165) is 18.4 Å². The quantitative estimate of drug-likeness (QED) is 0.698. The molecule has 0 aliphatic heterocycles. The number of pyridine rings is 1. The molecule has 8 heteroatoms. The third kappa shape index (κ3) is 6.29. The van der Waals surface area contributed by atoms with Gasteiger partial charge >= 0.3 is 0 Å². The van der Waals surface area contributed by atoms with Gasteiger partial charge in [-0.3, -0.25) is 9.59 Å². The highest BCUT2D eigenvalue weighted by atomic mass is 35.5. The maximum Gasteiger partial charge on any atom is 0.241 e. The van der Waals surface area contributed by atoms with E-state index in [0.29, 0.717) is 17.9 Å². The van der Waals surface area contributed by atoms with Crippen LogP contribution in [0.4, 0.5) is 11.5 Å². The van der Waals surface area contributed by atoms with E-state index in [1.54, 1.807) is 12.1 Å². The Hall–Kier alpha value is -2.15. The summed E-state index contributed by atoms with van der Waals surface area (Å²) in [5, 5.41) is 5.49. The van der Waals surface area contributed by atoms with Gasteiger partial charge < -0.3 is 16.4 Å². The zero-order chi connectivity index (χ0) is 16.9. The predicted octanol–water partition coefficient (Wildman–Crippen LogP) is 2.78. The minimum Gasteiger partial charge on any atom is -0.323 e. The van der Waals surface area contributed by atoms with Crippen LogP contribution in [0.25, 0.3) is 0 Å². The lowest BCUT2D eigenvalue weighted by Gasteiger charge is -2.12. The number of amides is 2. The molecule has 1 aliphatic rings. The van der Waals surface area contributed by atoms with E-state index in [1.165, 1.54) is 6.20 Å². The molecule has 1 heterocycles. The third-order valence-electron chi connectivity index (χ3n) is 3.87. The topological polar surface area (TPSA) is 97.1 Å². The molecule has 3 rings (SSSR count). The number of carbonyl (C=O) groups is 2. The van der Waals surface area contributed by atoms with Crippen molar-refractivity contribution in [3.63, 3.8) is 0 Å². The van der Waals surface area contributed by atoms with Gasteiger partial charge in [-0.25, -0.2) is 4.98 Å². The van der Waals surface area contributed by atoms with Crippen LogP contribution in [-0.4, -0.2) is 22.8 Å². The molecular weight excluding hydrogens is 375 g/mol. The molecule has 1 unspecified atom stereocenters. The number of carbonyl (C=O) groups excluding carboxylic acids is 2. The molecular formula is C18H22Cl2N4O2. The van der Waals surface area contributed by atoms with Gasteiger partial charge in [-0.2, -0.15) is 0 Å². The van der Waals surface area contributed by atoms with Crippen molar-refractivity contribution in [2.75, 3.05) is 10.6 Å². The molecule has 1 aromatic heterocycles. The number of nitrogens with two attached hydrogens (primary N) is 1. The van der Waals surface area contributed by atoms with Gasteiger partial charge in [-0.05, 0) is 37.0 Å². The zero-order valence-corrected chi connectivity index (χ0v) is 15.7. The van der Waals surface area contributed by atoms with Gasteiger partial charge in [0, 0.05) is 5.92 Å². The van der Waals surface area contributed by atoms with Gasteiger partial charge in [0.15, 0.2) is 0 Å². The zero-order valence-electron chi connectivity index (χ0n) is 14.1. The Morgan fingerprint density at radius 3 is 2.35 bits per heavy atom. The van der Waals surface area contributed by atoms with Crippen molar-refractivity contribution in [1.29, 1.82) is 0 Å². The average molecular weight is 397 g/mol. The van der Waals surface area contributed by atoms with E-state index in [1.807, 2.05) is 30.3 Å². The van der Waals surface area contributed by atoms with Gasteiger partial charge in [0.05, 0.1) is 17.9 Å². The van der Waals surface area contributed by atoms with Crippen LogP contribution in [0.2, 0.25) is 0 Å². The van der Waals surface area contributed by atoms with Crippen LogP contribution in [-0.2, 0) is 16.0 Å². The Kier molecular flexibility index (Phi) is 8.51. The fourth-order valence-corrected chi connectivity index (χ4v) is 2.31. The van der Waals surface area contributed by atoms with Crippen molar-refractivity contribution >= 4 is 48.1 Å². The second-order valence-electron chi connectivity index (χ2n) is 5.98. The summed E-state index contributed by atoms with van der Waals surface area (Å²) in [6.45, 7) is 0. The number of hydrogen-bond acceptors (Lipinski definition) is 4. The molecule has 0 bridgehead atoms. The van der Waals surface area contributed by atoms with Crippen molar-refractivity contribution < 1.29 is 9.59 Å². The highest BCUT2D eigenvalue weighted by molar-refractivity contribution is 5.95. The Bertz CT molecular complexity index is 722. The summed E-state index contributed by atoms with van der Waals surface area (Å²) in [7, 11) is 0. The fourth-order valence-electron chi connectivity index (χ4n) is 2.31. The van der Waals surface area contributed by atoms with Crippen LogP contribution >= 0.6 is 24.8 Å². The molecule has 0 radical (unpaired) electrons. The molecule has 0 spiro atoms. The highest BCUT2D eigenvalue weighted by Gasteiger charge is 2.29. The first-order valence-electron chi connectivity index (χ1n) is 7.99. The highest BCUT2D eigenvalue weighted by Crippen LogP contribution is 2.29. The normalized spacial score (nSPS) is 13.6. The molecule has 2 amide bonds. The largest absolute Gasteiger partial charge is 0.323 e. The Labute approximate surface area is 164 Å². The number of anilines is 2. The van der Waals surface area contributed by atoms with Crippen molar-refractivity contribution in [2.24, 2.45) is 11.7 Å². The summed E-state index contributed by atoms with van der Waals surface area (Å²) < 4.78 is 0. The van der Waals surface area contributed by atoms with Crippen LogP contribution in [0, 0.1) is 5.92 Å². The number of nitrogens with zero attached hydrogens (tertiary/aromatic N) is 1. The van der Waals surface area contributed by atoms with Crippen molar-refractivity contribution in [3.05, 3.63) is 54.2 Å². The van der Waals surface area contributed by atoms with E-state index in [9.17, 15) is 9.59 Å². The smallest absolute Gasteiger partial charge is 0.241 e. The first-order chi connectivity index (χ1) is 11.6. The van der Waals surface area contributed by atoms with Crippen LogP contribution in [0.1, 0.15) is 18.4 Å². The summed E-state index contributed by atoms with van der Waals surface area (Å²) in [6.07, 6.45) is 3.86. The Morgan fingerprint density at radius 1 is 1.08 bits per heavy atom. The number of aromatic nitrogens is 1. The van der Waals surface area contributed by atoms with E-state index < -0.39 is 6.04 Å². The molecule has 1 aromatic carbocycles.